The minimum atomic E-state index is -0.931. The van der Waals surface area contributed by atoms with Crippen LogP contribution in [-0.2, 0) is 32.1 Å². The predicted octanol–water partition coefficient (Wildman–Crippen LogP) is 3.54. The van der Waals surface area contributed by atoms with Gasteiger partial charge < -0.3 is 20.1 Å². The highest BCUT2D eigenvalue weighted by atomic mass is 16.5. The van der Waals surface area contributed by atoms with E-state index in [1.807, 2.05) is 80.6 Å². The summed E-state index contributed by atoms with van der Waals surface area (Å²) in [5, 5.41) is 5.32. The van der Waals surface area contributed by atoms with Crippen molar-refractivity contribution in [2.75, 3.05) is 7.11 Å². The summed E-state index contributed by atoms with van der Waals surface area (Å²) in [5.41, 5.74) is 2.70. The van der Waals surface area contributed by atoms with Crippen LogP contribution in [0.5, 0.6) is 0 Å². The molecule has 0 heterocycles. The number of allylic oxidation sites excluding steroid dienone is 1. The summed E-state index contributed by atoms with van der Waals surface area (Å²) in [6, 6.07) is 16.7. The van der Waals surface area contributed by atoms with Gasteiger partial charge in [0.05, 0.1) is 7.11 Å². The fourth-order valence-electron chi connectivity index (χ4n) is 2.95. The van der Waals surface area contributed by atoms with Gasteiger partial charge in [-0.3, -0.25) is 4.79 Å². The van der Waals surface area contributed by atoms with Crippen LogP contribution in [0.4, 0.5) is 4.79 Å². The molecule has 2 atom stereocenters. The molecule has 2 aromatic rings. The van der Waals surface area contributed by atoms with E-state index in [2.05, 4.69) is 10.6 Å². The molecule has 0 bridgehead atoms. The standard InChI is InChI=1S/C25H30N2O5/c1-18(2)14-15-21(24(29)31-3)26-23(28)22(16-19-10-6-4-7-11-19)27-25(30)32-17-20-12-8-5-9-13-20/h4-14,21-22H,15-17H2,1-3H3,(H,26,28)(H,27,30)/t21-,22-/m1/s1. The fraction of sp³-hybridized carbons (Fsp3) is 0.320. The van der Waals surface area contributed by atoms with Crippen molar-refractivity contribution in [1.29, 1.82) is 0 Å². The number of ether oxygens (including phenoxy) is 2. The van der Waals surface area contributed by atoms with Crippen molar-refractivity contribution in [2.45, 2.75) is 45.4 Å². The van der Waals surface area contributed by atoms with E-state index in [1.165, 1.54) is 7.11 Å². The SMILES string of the molecule is COC(=O)[C@@H](CC=C(C)C)NC(=O)[C@@H](Cc1ccccc1)NC(=O)OCc1ccccc1. The number of esters is 1. The predicted molar refractivity (Wildman–Crippen MR) is 122 cm³/mol. The van der Waals surface area contributed by atoms with Crippen LogP contribution in [0, 0.1) is 0 Å². The summed E-state index contributed by atoms with van der Waals surface area (Å²) in [7, 11) is 1.27. The lowest BCUT2D eigenvalue weighted by Gasteiger charge is -2.22. The quantitative estimate of drug-likeness (QED) is 0.437. The number of benzene rings is 2. The Labute approximate surface area is 188 Å². The van der Waals surface area contributed by atoms with Crippen LogP contribution in [0.15, 0.2) is 72.3 Å². The van der Waals surface area contributed by atoms with E-state index in [9.17, 15) is 14.4 Å². The Morgan fingerprint density at radius 2 is 1.47 bits per heavy atom. The van der Waals surface area contributed by atoms with Crippen LogP contribution in [0.25, 0.3) is 0 Å². The van der Waals surface area contributed by atoms with Crippen molar-refractivity contribution in [3.63, 3.8) is 0 Å². The molecule has 7 heteroatoms. The van der Waals surface area contributed by atoms with Gasteiger partial charge in [0.15, 0.2) is 0 Å². The molecule has 2 aromatic carbocycles. The zero-order valence-electron chi connectivity index (χ0n) is 18.7. The van der Waals surface area contributed by atoms with Gasteiger partial charge in [0.1, 0.15) is 18.7 Å². The van der Waals surface area contributed by atoms with Gasteiger partial charge in [0.2, 0.25) is 5.91 Å². The highest BCUT2D eigenvalue weighted by Gasteiger charge is 2.27. The van der Waals surface area contributed by atoms with E-state index < -0.39 is 30.1 Å². The molecule has 32 heavy (non-hydrogen) atoms. The van der Waals surface area contributed by atoms with E-state index >= 15 is 0 Å². The summed E-state index contributed by atoms with van der Waals surface area (Å²) in [4.78, 5) is 37.6. The van der Waals surface area contributed by atoms with Gasteiger partial charge in [-0.05, 0) is 31.4 Å². The molecule has 170 valence electrons. The maximum atomic E-state index is 13.0. The number of methoxy groups -OCH3 is 1. The molecule has 0 spiro atoms. The highest BCUT2D eigenvalue weighted by molar-refractivity contribution is 5.90. The van der Waals surface area contributed by atoms with Crippen LogP contribution in [0.2, 0.25) is 0 Å². The van der Waals surface area contributed by atoms with Crippen LogP contribution in [0.1, 0.15) is 31.4 Å². The van der Waals surface area contributed by atoms with Crippen LogP contribution < -0.4 is 10.6 Å². The van der Waals surface area contributed by atoms with E-state index in [0.29, 0.717) is 0 Å². The molecule has 2 rings (SSSR count). The fourth-order valence-corrected chi connectivity index (χ4v) is 2.95. The number of amides is 2. The molecule has 0 radical (unpaired) electrons. The van der Waals surface area contributed by atoms with Crippen molar-refractivity contribution in [3.05, 3.63) is 83.4 Å². The zero-order valence-corrected chi connectivity index (χ0v) is 18.7. The lowest BCUT2D eigenvalue weighted by atomic mass is 10.0. The number of hydrogen-bond acceptors (Lipinski definition) is 5. The maximum absolute atomic E-state index is 13.0. The van der Waals surface area contributed by atoms with Crippen molar-refractivity contribution in [3.8, 4) is 0 Å². The largest absolute Gasteiger partial charge is 0.467 e. The first-order valence-corrected chi connectivity index (χ1v) is 10.4. The third-order valence-electron chi connectivity index (χ3n) is 4.67. The Balaban J connectivity index is 2.09. The first-order chi connectivity index (χ1) is 15.4. The van der Waals surface area contributed by atoms with Crippen molar-refractivity contribution in [1.82, 2.24) is 10.6 Å². The molecule has 0 saturated heterocycles. The van der Waals surface area contributed by atoms with E-state index in [-0.39, 0.29) is 19.4 Å². The average Bonchev–Trinajstić information content (AvgIpc) is 2.80. The average molecular weight is 439 g/mol. The molecule has 0 aliphatic heterocycles. The third kappa shape index (κ3) is 8.63. The second-order valence-corrected chi connectivity index (χ2v) is 7.55. The minimum Gasteiger partial charge on any atom is -0.467 e. The number of rotatable bonds is 10. The number of hydrogen-bond donors (Lipinski definition) is 2. The number of carbonyl (C=O) groups excluding carboxylic acids is 3. The molecule has 0 aliphatic rings. The summed E-state index contributed by atoms with van der Waals surface area (Å²) in [5.74, 6) is -1.05. The van der Waals surface area contributed by atoms with E-state index in [1.54, 1.807) is 0 Å². The molecule has 0 fully saturated rings. The monoisotopic (exact) mass is 438 g/mol. The Bertz CT molecular complexity index is 908. The molecular weight excluding hydrogens is 408 g/mol. The van der Waals surface area contributed by atoms with Crippen molar-refractivity contribution in [2.24, 2.45) is 0 Å². The van der Waals surface area contributed by atoms with Crippen molar-refractivity contribution >= 4 is 18.0 Å². The highest BCUT2D eigenvalue weighted by Crippen LogP contribution is 2.07. The van der Waals surface area contributed by atoms with Gasteiger partial charge in [-0.15, -0.1) is 0 Å². The molecule has 2 N–H and O–H groups in total. The Hall–Kier alpha value is -3.61. The van der Waals surface area contributed by atoms with Gasteiger partial charge in [-0.25, -0.2) is 9.59 Å². The Kier molecular flexibility index (Phi) is 9.97. The lowest BCUT2D eigenvalue weighted by molar-refractivity contribution is -0.145. The first-order valence-electron chi connectivity index (χ1n) is 10.4. The van der Waals surface area contributed by atoms with Gasteiger partial charge in [0.25, 0.3) is 0 Å². The smallest absolute Gasteiger partial charge is 0.408 e. The summed E-state index contributed by atoms with van der Waals surface area (Å²) in [6.07, 6.45) is 1.65. The van der Waals surface area contributed by atoms with E-state index in [0.717, 1.165) is 16.7 Å². The Morgan fingerprint density at radius 1 is 0.875 bits per heavy atom. The van der Waals surface area contributed by atoms with Gasteiger partial charge in [0, 0.05) is 6.42 Å². The molecule has 0 aliphatic carbocycles. The van der Waals surface area contributed by atoms with Gasteiger partial charge >= 0.3 is 12.1 Å². The normalized spacial score (nSPS) is 12.1. The number of nitrogens with one attached hydrogen (secondary N) is 2. The van der Waals surface area contributed by atoms with Crippen LogP contribution >= 0.6 is 0 Å². The first kappa shape index (κ1) is 24.7. The number of alkyl carbamates (subject to hydrolysis) is 1. The number of carbonyl (C=O) groups is 3. The van der Waals surface area contributed by atoms with Crippen molar-refractivity contribution < 1.29 is 23.9 Å². The van der Waals surface area contributed by atoms with Gasteiger partial charge in [-0.2, -0.15) is 0 Å². The molecular formula is C25H30N2O5. The van der Waals surface area contributed by atoms with Crippen LogP contribution in [0.3, 0.4) is 0 Å². The summed E-state index contributed by atoms with van der Waals surface area (Å²) < 4.78 is 10.1. The second-order valence-electron chi connectivity index (χ2n) is 7.55. The molecule has 7 nitrogen and oxygen atoms in total. The molecule has 2 amide bonds. The molecule has 0 unspecified atom stereocenters. The summed E-state index contributed by atoms with van der Waals surface area (Å²) >= 11 is 0. The third-order valence-corrected chi connectivity index (χ3v) is 4.67. The van der Waals surface area contributed by atoms with Crippen LogP contribution in [-0.4, -0.2) is 37.2 Å². The van der Waals surface area contributed by atoms with E-state index in [4.69, 9.17) is 9.47 Å². The second kappa shape index (κ2) is 12.9. The minimum absolute atomic E-state index is 0.0811. The zero-order chi connectivity index (χ0) is 23.3. The Morgan fingerprint density at radius 3 is 2.03 bits per heavy atom. The maximum Gasteiger partial charge on any atom is 0.408 e. The topological polar surface area (TPSA) is 93.7 Å². The van der Waals surface area contributed by atoms with Gasteiger partial charge in [-0.1, -0.05) is 72.3 Å². The summed E-state index contributed by atoms with van der Waals surface area (Å²) in [6.45, 7) is 3.88. The molecule has 0 saturated carbocycles. The molecule has 0 aromatic heterocycles. The lowest BCUT2D eigenvalue weighted by Crippen LogP contribution is -2.52.